The fraction of sp³-hybridized carbons (Fsp3) is 0.143. The standard InChI is InChI=1S/C14H14ClN3O/c1-18(10-13-6-2-3-8-16-13)14(19)17-12-7-4-5-11(15)9-12/h2-9H,10H2,1H3,(H,17,19). The van der Waals surface area contributed by atoms with Crippen molar-refractivity contribution in [3.05, 3.63) is 59.4 Å². The molecule has 0 aliphatic carbocycles. The van der Waals surface area contributed by atoms with E-state index >= 15 is 0 Å². The van der Waals surface area contributed by atoms with Gasteiger partial charge >= 0.3 is 6.03 Å². The highest BCUT2D eigenvalue weighted by Gasteiger charge is 2.09. The molecule has 1 N–H and O–H groups in total. The summed E-state index contributed by atoms with van der Waals surface area (Å²) in [6, 6.07) is 12.5. The number of amides is 2. The number of benzene rings is 1. The lowest BCUT2D eigenvalue weighted by molar-refractivity contribution is 0.220. The lowest BCUT2D eigenvalue weighted by Gasteiger charge is -2.17. The number of carbonyl (C=O) groups excluding carboxylic acids is 1. The lowest BCUT2D eigenvalue weighted by Crippen LogP contribution is -2.31. The van der Waals surface area contributed by atoms with Crippen molar-refractivity contribution >= 4 is 23.3 Å². The number of rotatable bonds is 3. The Labute approximate surface area is 117 Å². The van der Waals surface area contributed by atoms with E-state index < -0.39 is 0 Å². The first-order valence-corrected chi connectivity index (χ1v) is 6.20. The number of pyridine rings is 1. The summed E-state index contributed by atoms with van der Waals surface area (Å²) in [6.45, 7) is 0.452. The summed E-state index contributed by atoms with van der Waals surface area (Å²) in [4.78, 5) is 17.7. The van der Waals surface area contributed by atoms with Gasteiger partial charge in [-0.2, -0.15) is 0 Å². The Balaban J connectivity index is 1.96. The van der Waals surface area contributed by atoms with E-state index in [0.717, 1.165) is 5.69 Å². The minimum Gasteiger partial charge on any atom is -0.322 e. The first kappa shape index (κ1) is 13.4. The molecule has 0 saturated carbocycles. The number of aromatic nitrogens is 1. The van der Waals surface area contributed by atoms with Crippen molar-refractivity contribution in [1.29, 1.82) is 0 Å². The summed E-state index contributed by atoms with van der Waals surface area (Å²) in [5.74, 6) is 0. The van der Waals surface area contributed by atoms with Crippen molar-refractivity contribution in [3.8, 4) is 0 Å². The molecular formula is C14H14ClN3O. The number of hydrogen-bond donors (Lipinski definition) is 1. The number of anilines is 1. The van der Waals surface area contributed by atoms with Crippen LogP contribution in [0.1, 0.15) is 5.69 Å². The van der Waals surface area contributed by atoms with Gasteiger partial charge in [-0.1, -0.05) is 23.7 Å². The summed E-state index contributed by atoms with van der Waals surface area (Å²) >= 11 is 5.86. The van der Waals surface area contributed by atoms with E-state index in [1.54, 1.807) is 42.4 Å². The van der Waals surface area contributed by atoms with Crippen molar-refractivity contribution in [1.82, 2.24) is 9.88 Å². The monoisotopic (exact) mass is 275 g/mol. The number of nitrogens with one attached hydrogen (secondary N) is 1. The molecule has 2 rings (SSSR count). The quantitative estimate of drug-likeness (QED) is 0.933. The van der Waals surface area contributed by atoms with Crippen LogP contribution in [0, 0.1) is 0 Å². The van der Waals surface area contributed by atoms with Gasteiger partial charge in [0.2, 0.25) is 0 Å². The Kier molecular flexibility index (Phi) is 4.36. The van der Waals surface area contributed by atoms with Gasteiger partial charge < -0.3 is 10.2 Å². The molecule has 0 aliphatic heterocycles. The first-order chi connectivity index (χ1) is 9.15. The zero-order valence-corrected chi connectivity index (χ0v) is 11.3. The molecule has 0 spiro atoms. The van der Waals surface area contributed by atoms with E-state index in [2.05, 4.69) is 10.3 Å². The molecule has 0 aliphatic rings. The Morgan fingerprint density at radius 1 is 1.32 bits per heavy atom. The second-order valence-electron chi connectivity index (χ2n) is 4.12. The van der Waals surface area contributed by atoms with Crippen molar-refractivity contribution in [2.75, 3.05) is 12.4 Å². The largest absolute Gasteiger partial charge is 0.322 e. The Hall–Kier alpha value is -2.07. The third-order valence-corrected chi connectivity index (χ3v) is 2.78. The molecule has 19 heavy (non-hydrogen) atoms. The maximum absolute atomic E-state index is 12.0. The third kappa shape index (κ3) is 3.96. The van der Waals surface area contributed by atoms with Gasteiger partial charge in [0, 0.05) is 24.0 Å². The molecular weight excluding hydrogens is 262 g/mol. The van der Waals surface area contributed by atoms with Crippen molar-refractivity contribution in [2.24, 2.45) is 0 Å². The molecule has 98 valence electrons. The third-order valence-electron chi connectivity index (χ3n) is 2.55. The number of halogens is 1. The first-order valence-electron chi connectivity index (χ1n) is 5.83. The van der Waals surface area contributed by atoms with Gasteiger partial charge in [-0.3, -0.25) is 4.98 Å². The smallest absolute Gasteiger partial charge is 0.321 e. The second kappa shape index (κ2) is 6.20. The van der Waals surface area contributed by atoms with Crippen molar-refractivity contribution < 1.29 is 4.79 Å². The molecule has 1 heterocycles. The van der Waals surface area contributed by atoms with Gasteiger partial charge in [-0.15, -0.1) is 0 Å². The number of hydrogen-bond acceptors (Lipinski definition) is 2. The second-order valence-corrected chi connectivity index (χ2v) is 4.55. The highest BCUT2D eigenvalue weighted by molar-refractivity contribution is 6.30. The Morgan fingerprint density at radius 2 is 2.16 bits per heavy atom. The maximum atomic E-state index is 12.0. The number of carbonyl (C=O) groups is 1. The van der Waals surface area contributed by atoms with E-state index in [1.807, 2.05) is 18.2 Å². The minimum absolute atomic E-state index is 0.201. The highest BCUT2D eigenvalue weighted by Crippen LogP contribution is 2.15. The molecule has 2 aromatic rings. The molecule has 0 fully saturated rings. The molecule has 5 heteroatoms. The van der Waals surface area contributed by atoms with Gasteiger partial charge in [-0.25, -0.2) is 4.79 Å². The normalized spacial score (nSPS) is 10.0. The molecule has 0 unspecified atom stereocenters. The van der Waals surface area contributed by atoms with Crippen LogP contribution in [0.15, 0.2) is 48.7 Å². The average molecular weight is 276 g/mol. The summed E-state index contributed by atoms with van der Waals surface area (Å²) in [5, 5.41) is 3.37. The summed E-state index contributed by atoms with van der Waals surface area (Å²) < 4.78 is 0. The SMILES string of the molecule is CN(Cc1ccccn1)C(=O)Nc1cccc(Cl)c1. The summed E-state index contributed by atoms with van der Waals surface area (Å²) in [7, 11) is 1.72. The van der Waals surface area contributed by atoms with Crippen molar-refractivity contribution in [3.63, 3.8) is 0 Å². The zero-order chi connectivity index (χ0) is 13.7. The van der Waals surface area contributed by atoms with E-state index in [9.17, 15) is 4.79 Å². The molecule has 0 atom stereocenters. The Bertz CT molecular complexity index is 560. The maximum Gasteiger partial charge on any atom is 0.321 e. The van der Waals surface area contributed by atoms with Gasteiger partial charge in [-0.05, 0) is 30.3 Å². The van der Waals surface area contributed by atoms with Crippen LogP contribution in [-0.4, -0.2) is 23.0 Å². The summed E-state index contributed by atoms with van der Waals surface area (Å²) in [6.07, 6.45) is 1.71. The van der Waals surface area contributed by atoms with E-state index in [4.69, 9.17) is 11.6 Å². The van der Waals surface area contributed by atoms with Gasteiger partial charge in [0.1, 0.15) is 0 Å². The molecule has 1 aromatic carbocycles. The van der Waals surface area contributed by atoms with Crippen LogP contribution < -0.4 is 5.32 Å². The van der Waals surface area contributed by atoms with E-state index in [0.29, 0.717) is 17.3 Å². The molecule has 0 radical (unpaired) electrons. The van der Waals surface area contributed by atoms with E-state index in [1.165, 1.54) is 0 Å². The average Bonchev–Trinajstić information content (AvgIpc) is 2.40. The lowest BCUT2D eigenvalue weighted by atomic mass is 10.3. The number of nitrogens with zero attached hydrogens (tertiary/aromatic N) is 2. The zero-order valence-electron chi connectivity index (χ0n) is 10.5. The number of urea groups is 1. The molecule has 0 bridgehead atoms. The highest BCUT2D eigenvalue weighted by atomic mass is 35.5. The van der Waals surface area contributed by atoms with Crippen LogP contribution >= 0.6 is 11.6 Å². The molecule has 0 saturated heterocycles. The van der Waals surface area contributed by atoms with Gasteiger partial charge in [0.25, 0.3) is 0 Å². The molecule has 1 aromatic heterocycles. The van der Waals surface area contributed by atoms with Crippen LogP contribution in [0.3, 0.4) is 0 Å². The summed E-state index contributed by atoms with van der Waals surface area (Å²) in [5.41, 5.74) is 1.51. The van der Waals surface area contributed by atoms with Gasteiger partial charge in [0.05, 0.1) is 12.2 Å². The van der Waals surface area contributed by atoms with Gasteiger partial charge in [0.15, 0.2) is 0 Å². The minimum atomic E-state index is -0.201. The van der Waals surface area contributed by atoms with Crippen LogP contribution in [0.5, 0.6) is 0 Å². The predicted molar refractivity (Wildman–Crippen MR) is 76.2 cm³/mol. The van der Waals surface area contributed by atoms with Crippen molar-refractivity contribution in [2.45, 2.75) is 6.54 Å². The molecule has 4 nitrogen and oxygen atoms in total. The van der Waals surface area contributed by atoms with Crippen LogP contribution in [-0.2, 0) is 6.54 Å². The fourth-order valence-electron chi connectivity index (χ4n) is 1.59. The van der Waals surface area contributed by atoms with E-state index in [-0.39, 0.29) is 6.03 Å². The predicted octanol–water partition coefficient (Wildman–Crippen LogP) is 3.40. The fourth-order valence-corrected chi connectivity index (χ4v) is 1.78. The Morgan fingerprint density at radius 3 is 2.84 bits per heavy atom. The van der Waals surface area contributed by atoms with Crippen LogP contribution in [0.25, 0.3) is 0 Å². The topological polar surface area (TPSA) is 45.2 Å². The van der Waals surface area contributed by atoms with Crippen LogP contribution in [0.4, 0.5) is 10.5 Å². The van der Waals surface area contributed by atoms with Crippen LogP contribution in [0.2, 0.25) is 5.02 Å². The molecule has 2 amide bonds.